The third-order valence-electron chi connectivity index (χ3n) is 5.94. The maximum absolute atomic E-state index is 12.7. The fourth-order valence-electron chi connectivity index (χ4n) is 4.47. The van der Waals surface area contributed by atoms with Crippen LogP contribution in [0.3, 0.4) is 0 Å². The predicted octanol–water partition coefficient (Wildman–Crippen LogP) is 2.50. The van der Waals surface area contributed by atoms with Crippen molar-refractivity contribution in [1.29, 1.82) is 0 Å². The zero-order valence-electron chi connectivity index (χ0n) is 15.6. The Bertz CT molecular complexity index is 790. The van der Waals surface area contributed by atoms with Crippen LogP contribution in [0.25, 0.3) is 0 Å². The Morgan fingerprint density at radius 1 is 1.15 bits per heavy atom. The van der Waals surface area contributed by atoms with E-state index in [1.807, 2.05) is 28.0 Å². The number of H-pyrrole nitrogens is 1. The number of hydrogen-bond donors (Lipinski definition) is 1. The summed E-state index contributed by atoms with van der Waals surface area (Å²) in [6, 6.07) is 12.0. The van der Waals surface area contributed by atoms with Crippen LogP contribution >= 0.6 is 0 Å². The fraction of sp³-hybridized carbons (Fsp3) is 0.476. The lowest BCUT2D eigenvalue weighted by atomic mass is 9.73. The molecule has 2 saturated heterocycles. The van der Waals surface area contributed by atoms with Crippen molar-refractivity contribution in [3.05, 3.63) is 53.9 Å². The maximum atomic E-state index is 12.7. The average molecular weight is 366 g/mol. The lowest BCUT2D eigenvalue weighted by Crippen LogP contribution is -2.55. The summed E-state index contributed by atoms with van der Waals surface area (Å²) in [5.74, 6) is 0.257. The number of nitrogens with one attached hydrogen (secondary N) is 1. The Labute approximate surface area is 159 Å². The zero-order chi connectivity index (χ0) is 18.7. The molecule has 0 bridgehead atoms. The molecule has 1 N–H and O–H groups in total. The standard InChI is InChI=1S/C21H26N4O2/c26-19-7-11-21(15-24(19)14-9-17-5-2-1-3-6-17)10-4-13-25(16-21)20(27)18-8-12-22-23-18/h1-3,5-6,8,12H,4,7,9-11,13-16H2,(H,22,23)/t21-/m1/s1. The highest BCUT2D eigenvalue weighted by Crippen LogP contribution is 2.39. The quantitative estimate of drug-likeness (QED) is 0.904. The number of likely N-dealkylation sites (tertiary alicyclic amines) is 2. The number of carbonyl (C=O) groups is 2. The minimum atomic E-state index is 0.0133. The highest BCUT2D eigenvalue weighted by atomic mass is 16.2. The van der Waals surface area contributed by atoms with Crippen LogP contribution < -0.4 is 0 Å². The molecule has 2 aliphatic rings. The van der Waals surface area contributed by atoms with E-state index in [0.29, 0.717) is 12.1 Å². The molecule has 142 valence electrons. The van der Waals surface area contributed by atoms with Gasteiger partial charge in [-0.25, -0.2) is 0 Å². The van der Waals surface area contributed by atoms with Gasteiger partial charge in [0.25, 0.3) is 5.91 Å². The predicted molar refractivity (Wildman–Crippen MR) is 102 cm³/mol. The third-order valence-corrected chi connectivity index (χ3v) is 5.94. The molecule has 4 rings (SSSR count). The highest BCUT2D eigenvalue weighted by molar-refractivity contribution is 5.92. The molecular weight excluding hydrogens is 340 g/mol. The molecule has 1 spiro atoms. The van der Waals surface area contributed by atoms with Crippen molar-refractivity contribution >= 4 is 11.8 Å². The van der Waals surface area contributed by atoms with Gasteiger partial charge in [-0.15, -0.1) is 0 Å². The van der Waals surface area contributed by atoms with Crippen LogP contribution in [-0.4, -0.2) is 58.0 Å². The Hall–Kier alpha value is -2.63. The molecule has 6 nitrogen and oxygen atoms in total. The van der Waals surface area contributed by atoms with Gasteiger partial charge in [-0.2, -0.15) is 5.10 Å². The average Bonchev–Trinajstić information content (AvgIpc) is 3.24. The molecule has 0 aliphatic carbocycles. The van der Waals surface area contributed by atoms with E-state index in [-0.39, 0.29) is 17.2 Å². The van der Waals surface area contributed by atoms with E-state index in [4.69, 9.17) is 0 Å². The van der Waals surface area contributed by atoms with E-state index in [1.165, 1.54) is 5.56 Å². The number of nitrogens with zero attached hydrogens (tertiary/aromatic N) is 3. The first-order chi connectivity index (χ1) is 13.2. The van der Waals surface area contributed by atoms with E-state index in [0.717, 1.165) is 51.9 Å². The van der Waals surface area contributed by atoms with Crippen LogP contribution in [0.5, 0.6) is 0 Å². The number of benzene rings is 1. The van der Waals surface area contributed by atoms with Gasteiger partial charge in [0, 0.05) is 44.2 Å². The molecule has 2 aliphatic heterocycles. The van der Waals surface area contributed by atoms with Gasteiger partial charge in [0.2, 0.25) is 5.91 Å². The molecular formula is C21H26N4O2. The molecule has 1 aromatic heterocycles. The molecule has 0 unspecified atom stereocenters. The second-order valence-corrected chi connectivity index (χ2v) is 7.85. The molecule has 2 fully saturated rings. The number of hydrogen-bond acceptors (Lipinski definition) is 3. The number of piperidine rings is 2. The molecule has 3 heterocycles. The second kappa shape index (κ2) is 7.55. The fourth-order valence-corrected chi connectivity index (χ4v) is 4.47. The summed E-state index contributed by atoms with van der Waals surface area (Å²) in [5, 5.41) is 6.67. The van der Waals surface area contributed by atoms with Crippen LogP contribution in [0.15, 0.2) is 42.6 Å². The first kappa shape index (κ1) is 17.8. The van der Waals surface area contributed by atoms with E-state index in [2.05, 4.69) is 22.3 Å². The van der Waals surface area contributed by atoms with Gasteiger partial charge in [0.15, 0.2) is 0 Å². The van der Waals surface area contributed by atoms with Crippen LogP contribution in [-0.2, 0) is 11.2 Å². The number of aromatic nitrogens is 2. The summed E-state index contributed by atoms with van der Waals surface area (Å²) < 4.78 is 0. The van der Waals surface area contributed by atoms with E-state index >= 15 is 0 Å². The first-order valence-electron chi connectivity index (χ1n) is 9.76. The summed E-state index contributed by atoms with van der Waals surface area (Å²) in [4.78, 5) is 29.1. The minimum absolute atomic E-state index is 0.0133. The van der Waals surface area contributed by atoms with Crippen molar-refractivity contribution in [1.82, 2.24) is 20.0 Å². The summed E-state index contributed by atoms with van der Waals surface area (Å²) >= 11 is 0. The first-order valence-corrected chi connectivity index (χ1v) is 9.76. The van der Waals surface area contributed by atoms with Crippen LogP contribution in [0.1, 0.15) is 41.7 Å². The monoisotopic (exact) mass is 366 g/mol. The zero-order valence-corrected chi connectivity index (χ0v) is 15.6. The number of rotatable bonds is 4. The van der Waals surface area contributed by atoms with Gasteiger partial charge < -0.3 is 9.80 Å². The van der Waals surface area contributed by atoms with Gasteiger partial charge in [-0.1, -0.05) is 30.3 Å². The maximum Gasteiger partial charge on any atom is 0.271 e. The largest absolute Gasteiger partial charge is 0.342 e. The summed E-state index contributed by atoms with van der Waals surface area (Å²) in [5.41, 5.74) is 1.82. The van der Waals surface area contributed by atoms with Crippen molar-refractivity contribution in [3.63, 3.8) is 0 Å². The lowest BCUT2D eigenvalue weighted by molar-refractivity contribution is -0.138. The molecule has 1 atom stereocenters. The molecule has 0 radical (unpaired) electrons. The molecule has 2 amide bonds. The Morgan fingerprint density at radius 2 is 2.00 bits per heavy atom. The summed E-state index contributed by atoms with van der Waals surface area (Å²) in [7, 11) is 0. The molecule has 27 heavy (non-hydrogen) atoms. The Balaban J connectivity index is 1.42. The second-order valence-electron chi connectivity index (χ2n) is 7.85. The number of amides is 2. The number of carbonyl (C=O) groups excluding carboxylic acids is 2. The lowest BCUT2D eigenvalue weighted by Gasteiger charge is -2.48. The topological polar surface area (TPSA) is 69.3 Å². The summed E-state index contributed by atoms with van der Waals surface area (Å²) in [6.07, 6.45) is 6.01. The van der Waals surface area contributed by atoms with Crippen molar-refractivity contribution in [2.75, 3.05) is 26.2 Å². The van der Waals surface area contributed by atoms with Crippen LogP contribution in [0, 0.1) is 5.41 Å². The van der Waals surface area contributed by atoms with Crippen molar-refractivity contribution in [2.24, 2.45) is 5.41 Å². The van der Waals surface area contributed by atoms with Gasteiger partial charge in [0.1, 0.15) is 5.69 Å². The third kappa shape index (κ3) is 3.89. The minimum Gasteiger partial charge on any atom is -0.342 e. The van der Waals surface area contributed by atoms with Gasteiger partial charge in [-0.05, 0) is 37.3 Å². The van der Waals surface area contributed by atoms with E-state index < -0.39 is 0 Å². The van der Waals surface area contributed by atoms with Crippen LogP contribution in [0.2, 0.25) is 0 Å². The molecule has 6 heteroatoms. The molecule has 0 saturated carbocycles. The Morgan fingerprint density at radius 3 is 2.78 bits per heavy atom. The van der Waals surface area contributed by atoms with Crippen molar-refractivity contribution < 1.29 is 9.59 Å². The van der Waals surface area contributed by atoms with Gasteiger partial charge in [0.05, 0.1) is 0 Å². The smallest absolute Gasteiger partial charge is 0.271 e. The normalized spacial score (nSPS) is 23.0. The molecule has 2 aromatic rings. The molecule has 1 aromatic carbocycles. The van der Waals surface area contributed by atoms with Crippen LogP contribution in [0.4, 0.5) is 0 Å². The van der Waals surface area contributed by atoms with Gasteiger partial charge >= 0.3 is 0 Å². The van der Waals surface area contributed by atoms with Crippen molar-refractivity contribution in [2.45, 2.75) is 32.1 Å². The number of aromatic amines is 1. The summed E-state index contributed by atoms with van der Waals surface area (Å²) in [6.45, 7) is 3.00. The van der Waals surface area contributed by atoms with E-state index in [1.54, 1.807) is 12.3 Å². The SMILES string of the molecule is O=C1CC[C@]2(CCCN(C(=O)c3ccn[nH]3)C2)CN1CCc1ccccc1. The highest BCUT2D eigenvalue weighted by Gasteiger charge is 2.42. The van der Waals surface area contributed by atoms with E-state index in [9.17, 15) is 9.59 Å². The Kier molecular flexibility index (Phi) is 4.97. The van der Waals surface area contributed by atoms with Gasteiger partial charge in [-0.3, -0.25) is 14.7 Å². The van der Waals surface area contributed by atoms with Crippen molar-refractivity contribution in [3.8, 4) is 0 Å².